The van der Waals surface area contributed by atoms with Crippen molar-refractivity contribution in [3.8, 4) is 11.3 Å². The summed E-state index contributed by atoms with van der Waals surface area (Å²) in [5, 5.41) is 8.00. The van der Waals surface area contributed by atoms with Crippen molar-refractivity contribution in [2.24, 2.45) is 5.73 Å². The summed E-state index contributed by atoms with van der Waals surface area (Å²) in [6.07, 6.45) is 0. The van der Waals surface area contributed by atoms with Gasteiger partial charge in [0.1, 0.15) is 5.82 Å². The van der Waals surface area contributed by atoms with Gasteiger partial charge in [0.2, 0.25) is 5.91 Å². The molecule has 1 aromatic heterocycles. The third kappa shape index (κ3) is 3.81. The van der Waals surface area contributed by atoms with Gasteiger partial charge in [-0.05, 0) is 57.5 Å². The molecule has 0 unspecified atom stereocenters. The molecule has 2 amide bonds. The molecule has 0 atom stereocenters. The van der Waals surface area contributed by atoms with E-state index < -0.39 is 11.7 Å². The van der Waals surface area contributed by atoms with Gasteiger partial charge in [0.15, 0.2) is 5.69 Å². The van der Waals surface area contributed by atoms with E-state index in [0.717, 1.165) is 6.07 Å². The van der Waals surface area contributed by atoms with Gasteiger partial charge in [-0.25, -0.2) is 4.39 Å². The molecule has 1 heterocycles. The van der Waals surface area contributed by atoms with Crippen LogP contribution in [-0.4, -0.2) is 39.5 Å². The van der Waals surface area contributed by atoms with E-state index in [1.807, 2.05) is 20.8 Å². The van der Waals surface area contributed by atoms with Crippen molar-refractivity contribution >= 4 is 11.8 Å². The molecule has 2 aromatic rings. The average Bonchev–Trinajstić information content (AvgIpc) is 2.57. The Kier molecular flexibility index (Phi) is 5.46. The lowest BCUT2D eigenvalue weighted by atomic mass is 10.0. The molecule has 0 spiro atoms. The summed E-state index contributed by atoms with van der Waals surface area (Å²) in [5.41, 5.74) is 6.60. The molecule has 0 radical (unpaired) electrons. The zero-order chi connectivity index (χ0) is 18.7. The number of nitrogens with zero attached hydrogens (tertiary/aromatic N) is 3. The maximum Gasteiger partial charge on any atom is 0.274 e. The van der Waals surface area contributed by atoms with Crippen molar-refractivity contribution < 1.29 is 14.0 Å². The van der Waals surface area contributed by atoms with E-state index in [1.165, 1.54) is 6.07 Å². The molecule has 0 aliphatic heterocycles. The highest BCUT2D eigenvalue weighted by Gasteiger charge is 2.19. The Morgan fingerprint density at radius 2 is 1.92 bits per heavy atom. The maximum atomic E-state index is 14.0. The van der Waals surface area contributed by atoms with Crippen LogP contribution >= 0.6 is 0 Å². The van der Waals surface area contributed by atoms with Gasteiger partial charge < -0.3 is 10.6 Å². The first-order valence-electron chi connectivity index (χ1n) is 8.01. The van der Waals surface area contributed by atoms with Crippen LogP contribution in [0, 0.1) is 12.7 Å². The summed E-state index contributed by atoms with van der Waals surface area (Å²) >= 11 is 0. The maximum absolute atomic E-state index is 14.0. The molecule has 1 aromatic carbocycles. The third-order valence-electron chi connectivity index (χ3n) is 4.01. The standard InChI is InChI=1S/C18H21FN4O2/c1-5-23(10(2)3)18(25)16-7-6-15(21-22-16)13-8-12(17(20)24)9-14(19)11(13)4/h6-10H,5H2,1-4H3,(H2,20,24). The number of hydrogen-bond donors (Lipinski definition) is 1. The predicted molar refractivity (Wildman–Crippen MR) is 92.5 cm³/mol. The SMILES string of the molecule is CCN(C(=O)c1ccc(-c2cc(C(N)=O)cc(F)c2C)nn1)C(C)C. The molecular weight excluding hydrogens is 323 g/mol. The van der Waals surface area contributed by atoms with Crippen LogP contribution in [0.5, 0.6) is 0 Å². The zero-order valence-corrected chi connectivity index (χ0v) is 14.7. The van der Waals surface area contributed by atoms with Crippen LogP contribution in [0.4, 0.5) is 4.39 Å². The number of primary amides is 1. The quantitative estimate of drug-likeness (QED) is 0.903. The Morgan fingerprint density at radius 1 is 1.24 bits per heavy atom. The topological polar surface area (TPSA) is 89.2 Å². The fourth-order valence-electron chi connectivity index (χ4n) is 2.57. The average molecular weight is 344 g/mol. The Morgan fingerprint density at radius 3 is 2.40 bits per heavy atom. The number of aromatic nitrogens is 2. The van der Waals surface area contributed by atoms with Crippen molar-refractivity contribution in [3.63, 3.8) is 0 Å². The Labute approximate surface area is 145 Å². The molecule has 0 aliphatic rings. The number of carbonyl (C=O) groups is 2. The normalized spacial score (nSPS) is 10.8. The van der Waals surface area contributed by atoms with Gasteiger partial charge in [-0.15, -0.1) is 10.2 Å². The smallest absolute Gasteiger partial charge is 0.274 e. The number of benzene rings is 1. The summed E-state index contributed by atoms with van der Waals surface area (Å²) in [6, 6.07) is 5.74. The molecule has 0 aliphatic carbocycles. The molecule has 132 valence electrons. The van der Waals surface area contributed by atoms with Crippen molar-refractivity contribution in [2.45, 2.75) is 33.7 Å². The van der Waals surface area contributed by atoms with E-state index in [0.29, 0.717) is 23.4 Å². The predicted octanol–water partition coefficient (Wildman–Crippen LogP) is 2.56. The van der Waals surface area contributed by atoms with Crippen LogP contribution in [0.25, 0.3) is 11.3 Å². The van der Waals surface area contributed by atoms with Crippen molar-refractivity contribution in [1.29, 1.82) is 0 Å². The second-order valence-corrected chi connectivity index (χ2v) is 5.98. The number of amides is 2. The van der Waals surface area contributed by atoms with E-state index in [9.17, 15) is 14.0 Å². The Balaban J connectivity index is 2.41. The van der Waals surface area contributed by atoms with E-state index >= 15 is 0 Å². The second kappa shape index (κ2) is 7.38. The number of hydrogen-bond acceptors (Lipinski definition) is 4. The minimum absolute atomic E-state index is 0.0440. The van der Waals surface area contributed by atoms with Gasteiger partial charge in [-0.1, -0.05) is 0 Å². The molecule has 2 rings (SSSR count). The first-order chi connectivity index (χ1) is 11.8. The summed E-state index contributed by atoms with van der Waals surface area (Å²) in [6.45, 7) is 7.87. The van der Waals surface area contributed by atoms with Crippen LogP contribution in [0.3, 0.4) is 0 Å². The van der Waals surface area contributed by atoms with Crippen LogP contribution in [0.15, 0.2) is 24.3 Å². The van der Waals surface area contributed by atoms with Gasteiger partial charge in [0.25, 0.3) is 5.91 Å². The molecule has 0 fully saturated rings. The first kappa shape index (κ1) is 18.5. The molecule has 25 heavy (non-hydrogen) atoms. The minimum Gasteiger partial charge on any atom is -0.366 e. The van der Waals surface area contributed by atoms with Gasteiger partial charge in [0, 0.05) is 23.7 Å². The Bertz CT molecular complexity index is 803. The summed E-state index contributed by atoms with van der Waals surface area (Å²) in [7, 11) is 0. The minimum atomic E-state index is -0.726. The monoisotopic (exact) mass is 344 g/mol. The van der Waals surface area contributed by atoms with E-state index in [2.05, 4.69) is 10.2 Å². The van der Waals surface area contributed by atoms with Crippen molar-refractivity contribution in [3.05, 3.63) is 46.9 Å². The molecule has 7 heteroatoms. The van der Waals surface area contributed by atoms with Gasteiger partial charge in [0.05, 0.1) is 5.69 Å². The van der Waals surface area contributed by atoms with Crippen LogP contribution < -0.4 is 5.73 Å². The molecule has 6 nitrogen and oxygen atoms in total. The fraction of sp³-hybridized carbons (Fsp3) is 0.333. The fourth-order valence-corrected chi connectivity index (χ4v) is 2.57. The lowest BCUT2D eigenvalue weighted by Crippen LogP contribution is -2.37. The van der Waals surface area contributed by atoms with E-state index in [-0.39, 0.29) is 23.2 Å². The number of nitrogens with two attached hydrogens (primary N) is 1. The van der Waals surface area contributed by atoms with Crippen LogP contribution in [0.1, 0.15) is 47.2 Å². The van der Waals surface area contributed by atoms with E-state index in [4.69, 9.17) is 5.73 Å². The lowest BCUT2D eigenvalue weighted by molar-refractivity contribution is 0.0709. The number of halogens is 1. The molecule has 0 saturated heterocycles. The zero-order valence-electron chi connectivity index (χ0n) is 14.7. The largest absolute Gasteiger partial charge is 0.366 e. The molecule has 0 saturated carbocycles. The van der Waals surface area contributed by atoms with Gasteiger partial charge in [-0.2, -0.15) is 0 Å². The van der Waals surface area contributed by atoms with Gasteiger partial charge in [-0.3, -0.25) is 9.59 Å². The van der Waals surface area contributed by atoms with Crippen molar-refractivity contribution in [2.75, 3.05) is 6.54 Å². The molecule has 2 N–H and O–H groups in total. The van der Waals surface area contributed by atoms with Crippen molar-refractivity contribution in [1.82, 2.24) is 15.1 Å². The first-order valence-corrected chi connectivity index (χ1v) is 8.01. The molecule has 0 bridgehead atoms. The third-order valence-corrected chi connectivity index (χ3v) is 4.01. The van der Waals surface area contributed by atoms with E-state index in [1.54, 1.807) is 24.0 Å². The van der Waals surface area contributed by atoms with Gasteiger partial charge >= 0.3 is 0 Å². The highest BCUT2D eigenvalue weighted by atomic mass is 19.1. The summed E-state index contributed by atoms with van der Waals surface area (Å²) in [5.74, 6) is -1.49. The summed E-state index contributed by atoms with van der Waals surface area (Å²) in [4.78, 5) is 25.4. The lowest BCUT2D eigenvalue weighted by Gasteiger charge is -2.24. The summed E-state index contributed by atoms with van der Waals surface area (Å²) < 4.78 is 14.0. The highest BCUT2D eigenvalue weighted by Crippen LogP contribution is 2.25. The van der Waals surface area contributed by atoms with Crippen LogP contribution in [0.2, 0.25) is 0 Å². The van der Waals surface area contributed by atoms with Crippen LogP contribution in [-0.2, 0) is 0 Å². The number of carbonyl (C=O) groups excluding carboxylic acids is 2. The highest BCUT2D eigenvalue weighted by molar-refractivity contribution is 5.95. The molecular formula is C18H21FN4O2. The number of rotatable bonds is 5. The Hall–Kier alpha value is -2.83. The second-order valence-electron chi connectivity index (χ2n) is 5.98.